The van der Waals surface area contributed by atoms with E-state index in [4.69, 9.17) is 16.3 Å². The molecule has 3 aliphatic rings. The van der Waals surface area contributed by atoms with Crippen molar-refractivity contribution in [1.29, 1.82) is 0 Å². The molecule has 3 rings (SSSR count). The Balaban J connectivity index is 1.89. The summed E-state index contributed by atoms with van der Waals surface area (Å²) < 4.78 is 28.3. The van der Waals surface area contributed by atoms with Crippen LogP contribution in [0.15, 0.2) is 12.2 Å². The van der Waals surface area contributed by atoms with Crippen LogP contribution in [0.5, 0.6) is 0 Å². The molecule has 2 aliphatic heterocycles. The van der Waals surface area contributed by atoms with Gasteiger partial charge in [0.05, 0.1) is 24.0 Å². The molecule has 0 aromatic heterocycles. The second-order valence-corrected chi connectivity index (χ2v) is 8.07. The Morgan fingerprint density at radius 2 is 1.82 bits per heavy atom. The van der Waals surface area contributed by atoms with Gasteiger partial charge in [-0.05, 0) is 12.8 Å². The highest BCUT2D eigenvalue weighted by Crippen LogP contribution is 2.52. The number of nitrogens with zero attached hydrogens (tertiary/aromatic N) is 1. The summed E-state index contributed by atoms with van der Waals surface area (Å²) in [6.07, 6.45) is 5.16. The monoisotopic (exact) mass is 277 g/mol. The maximum absolute atomic E-state index is 12.2. The Kier molecular flexibility index (Phi) is 2.78. The van der Waals surface area contributed by atoms with Crippen LogP contribution in [-0.4, -0.2) is 55.1 Å². The van der Waals surface area contributed by atoms with Gasteiger partial charge in [-0.1, -0.05) is 12.2 Å². The smallest absolute Gasteiger partial charge is 0.176 e. The van der Waals surface area contributed by atoms with Gasteiger partial charge in [-0.2, -0.15) is 0 Å². The van der Waals surface area contributed by atoms with Gasteiger partial charge >= 0.3 is 0 Å². The summed E-state index contributed by atoms with van der Waals surface area (Å²) in [5, 5.41) is 0. The molecule has 0 saturated carbocycles. The molecule has 0 amide bonds. The van der Waals surface area contributed by atoms with Crippen molar-refractivity contribution < 1.29 is 13.2 Å². The molecule has 0 aromatic rings. The lowest BCUT2D eigenvalue weighted by molar-refractivity contribution is 0.00441. The second-order valence-electron chi connectivity index (χ2n) is 4.93. The zero-order chi connectivity index (χ0) is 12.1. The molecular formula is C11H16ClNO3S. The number of hydrogen-bond acceptors (Lipinski definition) is 4. The van der Waals surface area contributed by atoms with Gasteiger partial charge in [0.1, 0.15) is 0 Å². The van der Waals surface area contributed by atoms with E-state index in [0.717, 1.165) is 13.1 Å². The highest BCUT2D eigenvalue weighted by atomic mass is 35.5. The molecule has 0 radical (unpaired) electrons. The maximum Gasteiger partial charge on any atom is 0.176 e. The summed E-state index contributed by atoms with van der Waals surface area (Å²) in [4.78, 5) is 2.19. The molecule has 2 fully saturated rings. The fourth-order valence-electron chi connectivity index (χ4n) is 3.21. The van der Waals surface area contributed by atoms with E-state index in [1.165, 1.54) is 0 Å². The molecule has 0 aromatic carbocycles. The normalized spacial score (nSPS) is 39.4. The van der Waals surface area contributed by atoms with Crippen molar-refractivity contribution in [2.24, 2.45) is 0 Å². The van der Waals surface area contributed by atoms with E-state index in [1.807, 2.05) is 12.2 Å². The van der Waals surface area contributed by atoms with Crippen LogP contribution in [0.25, 0.3) is 0 Å². The van der Waals surface area contributed by atoms with Crippen molar-refractivity contribution in [2.45, 2.75) is 28.3 Å². The fraction of sp³-hybridized carbons (Fsp3) is 0.818. The summed E-state index contributed by atoms with van der Waals surface area (Å²) in [5.74, 6) is 0. The number of hydrogen-bond donors (Lipinski definition) is 0. The molecule has 1 aliphatic carbocycles. The van der Waals surface area contributed by atoms with Gasteiger partial charge in [-0.15, -0.1) is 11.6 Å². The number of ether oxygens (including phenoxy) is 1. The largest absolute Gasteiger partial charge is 0.379 e. The van der Waals surface area contributed by atoms with E-state index in [1.54, 1.807) is 0 Å². The summed E-state index contributed by atoms with van der Waals surface area (Å²) in [7, 11) is -3.18. The van der Waals surface area contributed by atoms with Crippen molar-refractivity contribution in [2.75, 3.05) is 26.3 Å². The number of morpholine rings is 1. The third kappa shape index (κ3) is 1.46. The van der Waals surface area contributed by atoms with Crippen LogP contribution in [0.3, 0.4) is 0 Å². The fourth-order valence-corrected chi connectivity index (χ4v) is 6.49. The molecule has 2 saturated heterocycles. The topological polar surface area (TPSA) is 46.6 Å². The summed E-state index contributed by atoms with van der Waals surface area (Å²) in [6.45, 7) is 2.91. The van der Waals surface area contributed by atoms with Crippen molar-refractivity contribution in [1.82, 2.24) is 4.90 Å². The summed E-state index contributed by atoms with van der Waals surface area (Å²) >= 11 is 6.11. The van der Waals surface area contributed by atoms with Crippen LogP contribution in [0.2, 0.25) is 0 Å². The molecule has 1 spiro atoms. The number of halogens is 1. The van der Waals surface area contributed by atoms with Crippen LogP contribution >= 0.6 is 11.6 Å². The van der Waals surface area contributed by atoms with E-state index >= 15 is 0 Å². The first kappa shape index (κ1) is 12.0. The molecule has 4 nitrogen and oxygen atoms in total. The highest BCUT2D eigenvalue weighted by Gasteiger charge is 2.68. The molecule has 0 unspecified atom stereocenters. The van der Waals surface area contributed by atoms with E-state index < -0.39 is 19.3 Å². The van der Waals surface area contributed by atoms with Gasteiger partial charge in [-0.3, -0.25) is 4.90 Å². The van der Waals surface area contributed by atoms with E-state index in [0.29, 0.717) is 26.1 Å². The van der Waals surface area contributed by atoms with Crippen molar-refractivity contribution >= 4 is 21.4 Å². The predicted octanol–water partition coefficient (Wildman–Crippen LogP) is 0.769. The zero-order valence-electron chi connectivity index (χ0n) is 9.51. The van der Waals surface area contributed by atoms with Crippen LogP contribution in [0.4, 0.5) is 0 Å². The molecule has 96 valence electrons. The van der Waals surface area contributed by atoms with Gasteiger partial charge in [-0.25, -0.2) is 8.42 Å². The third-order valence-electron chi connectivity index (χ3n) is 4.18. The van der Waals surface area contributed by atoms with Crippen LogP contribution < -0.4 is 0 Å². The minimum absolute atomic E-state index is 0.0481. The first-order chi connectivity index (χ1) is 8.09. The number of alkyl halides is 1. The van der Waals surface area contributed by atoms with Crippen LogP contribution in [0, 0.1) is 0 Å². The molecule has 17 heavy (non-hydrogen) atoms. The van der Waals surface area contributed by atoms with Crippen molar-refractivity contribution in [3.05, 3.63) is 12.2 Å². The average molecular weight is 278 g/mol. The molecule has 2 atom stereocenters. The van der Waals surface area contributed by atoms with E-state index in [2.05, 4.69) is 4.90 Å². The zero-order valence-corrected chi connectivity index (χ0v) is 11.1. The quantitative estimate of drug-likeness (QED) is 0.525. The van der Waals surface area contributed by atoms with Crippen LogP contribution in [-0.2, 0) is 14.6 Å². The minimum atomic E-state index is -3.18. The average Bonchev–Trinajstić information content (AvgIpc) is 2.83. The maximum atomic E-state index is 12.2. The standard InChI is InChI=1S/C11H16ClNO3S/c12-10-9(13-5-7-16-8-6-13)11(17(10,14)15)3-1-2-4-11/h1-2,9-10H,3-8H2/t9-,10-/m1/s1. The molecule has 2 heterocycles. The van der Waals surface area contributed by atoms with Crippen molar-refractivity contribution in [3.8, 4) is 0 Å². The second kappa shape index (κ2) is 3.95. The Morgan fingerprint density at radius 3 is 2.41 bits per heavy atom. The first-order valence-electron chi connectivity index (χ1n) is 5.94. The van der Waals surface area contributed by atoms with E-state index in [-0.39, 0.29) is 6.04 Å². The Morgan fingerprint density at radius 1 is 1.24 bits per heavy atom. The van der Waals surface area contributed by atoms with Gasteiger partial charge in [0.15, 0.2) is 14.5 Å². The predicted molar refractivity (Wildman–Crippen MR) is 65.8 cm³/mol. The summed E-state index contributed by atoms with van der Waals surface area (Å²) in [6, 6.07) is -0.0481. The lowest BCUT2D eigenvalue weighted by Crippen LogP contribution is -2.73. The SMILES string of the molecule is O=S1(=O)[C@@H](Cl)[C@@H](N2CCOCC2)C12CC=CC2. The van der Waals surface area contributed by atoms with Crippen LogP contribution in [0.1, 0.15) is 12.8 Å². The van der Waals surface area contributed by atoms with Gasteiger partial charge in [0, 0.05) is 13.1 Å². The van der Waals surface area contributed by atoms with Gasteiger partial charge < -0.3 is 4.74 Å². The van der Waals surface area contributed by atoms with Crippen molar-refractivity contribution in [3.63, 3.8) is 0 Å². The lowest BCUT2D eigenvalue weighted by Gasteiger charge is -2.55. The van der Waals surface area contributed by atoms with E-state index in [9.17, 15) is 8.42 Å². The number of rotatable bonds is 1. The number of allylic oxidation sites excluding steroid dienone is 2. The van der Waals surface area contributed by atoms with Gasteiger partial charge in [0.2, 0.25) is 0 Å². The number of sulfone groups is 1. The third-order valence-corrected chi connectivity index (χ3v) is 7.68. The lowest BCUT2D eigenvalue weighted by atomic mass is 9.94. The molecule has 6 heteroatoms. The molecule has 0 bridgehead atoms. The first-order valence-corrected chi connectivity index (χ1v) is 7.92. The Bertz CT molecular complexity index is 434. The Hall–Kier alpha value is -0.100. The Labute approximate surface area is 106 Å². The highest BCUT2D eigenvalue weighted by molar-refractivity contribution is 7.96. The summed E-state index contributed by atoms with van der Waals surface area (Å²) in [5.41, 5.74) is 0. The van der Waals surface area contributed by atoms with Gasteiger partial charge in [0.25, 0.3) is 0 Å². The molecule has 0 N–H and O–H groups in total. The molecular weight excluding hydrogens is 262 g/mol. The minimum Gasteiger partial charge on any atom is -0.379 e.